The van der Waals surface area contributed by atoms with Crippen molar-refractivity contribution >= 4 is 59.5 Å². The zero-order chi connectivity index (χ0) is 18.7. The molecule has 0 spiro atoms. The van der Waals surface area contributed by atoms with Crippen LogP contribution in [0.15, 0.2) is 93.8 Å². The van der Waals surface area contributed by atoms with Crippen LogP contribution < -0.4 is 0 Å². The van der Waals surface area contributed by atoms with E-state index in [0.29, 0.717) is 0 Å². The summed E-state index contributed by atoms with van der Waals surface area (Å²) in [5, 5.41) is 5.73. The number of furan rings is 1. The molecule has 0 radical (unpaired) electrons. The first kappa shape index (κ1) is 15.8. The predicted molar refractivity (Wildman–Crippen MR) is 120 cm³/mol. The highest BCUT2D eigenvalue weighted by molar-refractivity contribution is 9.10. The molecule has 6 rings (SSSR count). The molecular formula is C25H14BrNO. The zero-order valence-electron chi connectivity index (χ0n) is 14.8. The second-order valence-electron chi connectivity index (χ2n) is 6.95. The summed E-state index contributed by atoms with van der Waals surface area (Å²) < 4.78 is 7.36. The van der Waals surface area contributed by atoms with Crippen LogP contribution in [0.25, 0.3) is 54.9 Å². The van der Waals surface area contributed by atoms with Crippen LogP contribution in [0.5, 0.6) is 0 Å². The van der Waals surface area contributed by atoms with Gasteiger partial charge in [-0.2, -0.15) is 0 Å². The molecule has 28 heavy (non-hydrogen) atoms. The van der Waals surface area contributed by atoms with E-state index in [-0.39, 0.29) is 0 Å². The summed E-state index contributed by atoms with van der Waals surface area (Å²) >= 11 is 3.52. The van der Waals surface area contributed by atoms with Crippen molar-refractivity contribution < 1.29 is 4.42 Å². The summed E-state index contributed by atoms with van der Waals surface area (Å²) in [7, 11) is 0. The lowest BCUT2D eigenvalue weighted by Crippen LogP contribution is -1.89. The van der Waals surface area contributed by atoms with Crippen molar-refractivity contribution in [3.63, 3.8) is 0 Å². The first-order valence-corrected chi connectivity index (χ1v) is 9.97. The van der Waals surface area contributed by atoms with Crippen LogP contribution >= 0.6 is 15.9 Å². The van der Waals surface area contributed by atoms with E-state index in [0.717, 1.165) is 54.0 Å². The van der Waals surface area contributed by atoms with E-state index in [9.17, 15) is 0 Å². The molecule has 2 nitrogen and oxygen atoms in total. The number of halogens is 1. The zero-order valence-corrected chi connectivity index (χ0v) is 16.4. The molecular weight excluding hydrogens is 410 g/mol. The van der Waals surface area contributed by atoms with E-state index >= 15 is 0 Å². The Kier molecular flexibility index (Phi) is 3.35. The Morgan fingerprint density at radius 3 is 2.29 bits per heavy atom. The smallest absolute Gasteiger partial charge is 0.162 e. The third-order valence-electron chi connectivity index (χ3n) is 5.32. The molecule has 132 valence electrons. The highest BCUT2D eigenvalue weighted by Crippen LogP contribution is 2.40. The fourth-order valence-electron chi connectivity index (χ4n) is 4.02. The fourth-order valence-corrected chi connectivity index (χ4v) is 4.29. The van der Waals surface area contributed by atoms with Gasteiger partial charge in [0.25, 0.3) is 0 Å². The van der Waals surface area contributed by atoms with E-state index in [1.54, 1.807) is 0 Å². The summed E-state index contributed by atoms with van der Waals surface area (Å²) in [5.41, 5.74) is 4.66. The Morgan fingerprint density at radius 2 is 1.43 bits per heavy atom. The molecule has 0 amide bonds. The standard InChI is InChI=1S/C25H14BrNO/c26-17-12-9-16(10-13-17)23-25-22(19-7-3-4-8-21(19)28-25)20-14-11-15-5-1-2-6-18(15)24(20)27-23/h1-14H. The third kappa shape index (κ3) is 2.23. The maximum absolute atomic E-state index is 6.31. The van der Waals surface area contributed by atoms with Crippen molar-refractivity contribution in [1.29, 1.82) is 0 Å². The van der Waals surface area contributed by atoms with Crippen molar-refractivity contribution in [2.24, 2.45) is 0 Å². The number of benzene rings is 4. The minimum absolute atomic E-state index is 0.839. The van der Waals surface area contributed by atoms with Crippen LogP contribution in [-0.4, -0.2) is 4.98 Å². The molecule has 4 aromatic carbocycles. The molecule has 0 saturated heterocycles. The van der Waals surface area contributed by atoms with Gasteiger partial charge in [-0.05, 0) is 23.6 Å². The SMILES string of the molecule is Brc1ccc(-c2nc3c4ccccc4ccc3c3c2oc2ccccc23)cc1. The van der Waals surface area contributed by atoms with Crippen LogP contribution in [0, 0.1) is 0 Å². The first-order chi connectivity index (χ1) is 13.8. The van der Waals surface area contributed by atoms with E-state index in [1.165, 1.54) is 5.39 Å². The summed E-state index contributed by atoms with van der Waals surface area (Å²) in [6.07, 6.45) is 0. The highest BCUT2D eigenvalue weighted by atomic mass is 79.9. The normalized spacial score (nSPS) is 11.8. The van der Waals surface area contributed by atoms with Gasteiger partial charge in [0.2, 0.25) is 0 Å². The number of aromatic nitrogens is 1. The van der Waals surface area contributed by atoms with Gasteiger partial charge in [0, 0.05) is 31.6 Å². The quantitative estimate of drug-likeness (QED) is 0.253. The van der Waals surface area contributed by atoms with Gasteiger partial charge < -0.3 is 4.42 Å². The molecule has 2 aromatic heterocycles. The van der Waals surface area contributed by atoms with Gasteiger partial charge in [-0.15, -0.1) is 0 Å². The lowest BCUT2D eigenvalue weighted by atomic mass is 10.00. The average molecular weight is 424 g/mol. The van der Waals surface area contributed by atoms with Crippen LogP contribution in [0.2, 0.25) is 0 Å². The number of nitrogens with zero attached hydrogens (tertiary/aromatic N) is 1. The molecule has 0 fully saturated rings. The molecule has 0 aliphatic rings. The van der Waals surface area contributed by atoms with Crippen molar-refractivity contribution in [2.75, 3.05) is 0 Å². The maximum atomic E-state index is 6.31. The Hall–Kier alpha value is -3.17. The first-order valence-electron chi connectivity index (χ1n) is 9.18. The van der Waals surface area contributed by atoms with Crippen LogP contribution in [0.3, 0.4) is 0 Å². The van der Waals surface area contributed by atoms with Crippen LogP contribution in [0.1, 0.15) is 0 Å². The largest absolute Gasteiger partial charge is 0.454 e. The van der Waals surface area contributed by atoms with E-state index in [4.69, 9.17) is 9.40 Å². The summed E-state index contributed by atoms with van der Waals surface area (Å²) in [6, 6.07) is 29.2. The van der Waals surface area contributed by atoms with Gasteiger partial charge in [0.05, 0.1) is 5.52 Å². The number of pyridine rings is 1. The number of hydrogen-bond acceptors (Lipinski definition) is 2. The molecule has 3 heteroatoms. The lowest BCUT2D eigenvalue weighted by molar-refractivity contribution is 0.669. The average Bonchev–Trinajstić information content (AvgIpc) is 3.13. The second kappa shape index (κ2) is 5.91. The monoisotopic (exact) mass is 423 g/mol. The molecule has 0 aliphatic heterocycles. The second-order valence-corrected chi connectivity index (χ2v) is 7.87. The number of para-hydroxylation sites is 1. The van der Waals surface area contributed by atoms with Gasteiger partial charge in [0.15, 0.2) is 5.58 Å². The van der Waals surface area contributed by atoms with Crippen LogP contribution in [-0.2, 0) is 0 Å². The highest BCUT2D eigenvalue weighted by Gasteiger charge is 2.18. The van der Waals surface area contributed by atoms with Crippen molar-refractivity contribution in [2.45, 2.75) is 0 Å². The van der Waals surface area contributed by atoms with Gasteiger partial charge in [-0.3, -0.25) is 0 Å². The molecule has 0 unspecified atom stereocenters. The van der Waals surface area contributed by atoms with E-state index in [1.807, 2.05) is 24.3 Å². The van der Waals surface area contributed by atoms with E-state index in [2.05, 4.69) is 76.6 Å². The molecule has 0 atom stereocenters. The van der Waals surface area contributed by atoms with Crippen LogP contribution in [0.4, 0.5) is 0 Å². The third-order valence-corrected chi connectivity index (χ3v) is 5.85. The Morgan fingerprint density at radius 1 is 0.679 bits per heavy atom. The molecule has 0 bridgehead atoms. The molecule has 6 aromatic rings. The van der Waals surface area contributed by atoms with Crippen molar-refractivity contribution in [3.05, 3.63) is 89.4 Å². The topological polar surface area (TPSA) is 26.0 Å². The van der Waals surface area contributed by atoms with Gasteiger partial charge in [0.1, 0.15) is 11.3 Å². The molecule has 0 saturated carbocycles. The number of fused-ring (bicyclic) bond motifs is 7. The summed E-state index contributed by atoms with van der Waals surface area (Å²) in [6.45, 7) is 0. The lowest BCUT2D eigenvalue weighted by Gasteiger charge is -2.09. The fraction of sp³-hybridized carbons (Fsp3) is 0. The van der Waals surface area contributed by atoms with Gasteiger partial charge >= 0.3 is 0 Å². The van der Waals surface area contributed by atoms with Crippen molar-refractivity contribution in [1.82, 2.24) is 4.98 Å². The predicted octanol–water partition coefficient (Wildman–Crippen LogP) is 7.72. The Bertz CT molecular complexity index is 1510. The maximum Gasteiger partial charge on any atom is 0.162 e. The van der Waals surface area contributed by atoms with Crippen molar-refractivity contribution in [3.8, 4) is 11.3 Å². The molecule has 0 aliphatic carbocycles. The summed E-state index contributed by atoms with van der Waals surface area (Å²) in [4.78, 5) is 5.12. The Labute approximate surface area is 169 Å². The van der Waals surface area contributed by atoms with Gasteiger partial charge in [-0.1, -0.05) is 82.7 Å². The Balaban J connectivity index is 1.88. The molecule has 0 N–H and O–H groups in total. The molecule has 2 heterocycles. The van der Waals surface area contributed by atoms with Gasteiger partial charge in [-0.25, -0.2) is 4.98 Å². The number of rotatable bonds is 1. The number of hydrogen-bond donors (Lipinski definition) is 0. The minimum atomic E-state index is 0.839. The minimum Gasteiger partial charge on any atom is -0.454 e. The van der Waals surface area contributed by atoms with E-state index < -0.39 is 0 Å². The summed E-state index contributed by atoms with van der Waals surface area (Å²) in [5.74, 6) is 0.